The van der Waals surface area contributed by atoms with Crippen molar-refractivity contribution < 1.29 is 14.3 Å². The number of H-pyrrole nitrogens is 1. The molecule has 0 aliphatic carbocycles. The number of oxazole rings is 1. The first-order valence-electron chi connectivity index (χ1n) is 4.05. The molecule has 0 aliphatic rings. The lowest BCUT2D eigenvalue weighted by Crippen LogP contribution is -1.97. The van der Waals surface area contributed by atoms with E-state index in [1.165, 1.54) is 6.20 Å². The highest BCUT2D eigenvalue weighted by Gasteiger charge is 2.09. The van der Waals surface area contributed by atoms with E-state index in [4.69, 9.17) is 9.52 Å². The molecule has 0 bridgehead atoms. The Kier molecular flexibility index (Phi) is 2.06. The lowest BCUT2D eigenvalue weighted by atomic mass is 10.3. The van der Waals surface area contributed by atoms with Crippen molar-refractivity contribution in [1.29, 1.82) is 0 Å². The summed E-state index contributed by atoms with van der Waals surface area (Å²) in [6.45, 7) is 0. The third-order valence-corrected chi connectivity index (χ3v) is 1.72. The second-order valence-corrected chi connectivity index (χ2v) is 2.80. The van der Waals surface area contributed by atoms with Gasteiger partial charge in [-0.05, 0) is 6.07 Å². The minimum atomic E-state index is -0.929. The van der Waals surface area contributed by atoms with Crippen LogP contribution in [0.3, 0.4) is 0 Å². The van der Waals surface area contributed by atoms with Crippen LogP contribution in [0.25, 0.3) is 11.5 Å². The van der Waals surface area contributed by atoms with Crippen molar-refractivity contribution in [3.05, 3.63) is 30.4 Å². The van der Waals surface area contributed by atoms with E-state index < -0.39 is 5.97 Å². The molecule has 2 aromatic rings. The number of hydrogen-bond donors (Lipinski definition) is 2. The van der Waals surface area contributed by atoms with Crippen molar-refractivity contribution in [2.24, 2.45) is 0 Å². The van der Waals surface area contributed by atoms with Gasteiger partial charge >= 0.3 is 5.97 Å². The van der Waals surface area contributed by atoms with Crippen LogP contribution in [0, 0.1) is 0 Å². The number of aromatic nitrogens is 2. The van der Waals surface area contributed by atoms with Crippen LogP contribution in [0.1, 0.15) is 5.76 Å². The minimum Gasteiger partial charge on any atom is -0.481 e. The van der Waals surface area contributed by atoms with Crippen LogP contribution >= 0.6 is 0 Å². The van der Waals surface area contributed by atoms with Crippen LogP contribution < -0.4 is 0 Å². The summed E-state index contributed by atoms with van der Waals surface area (Å²) in [5.74, 6) is -0.141. The molecule has 0 unspecified atom stereocenters. The topological polar surface area (TPSA) is 79.1 Å². The van der Waals surface area contributed by atoms with Gasteiger partial charge in [0.05, 0.1) is 11.8 Å². The van der Waals surface area contributed by atoms with Crippen LogP contribution in [0.2, 0.25) is 0 Å². The molecule has 2 heterocycles. The predicted molar refractivity (Wildman–Crippen MR) is 47.6 cm³/mol. The summed E-state index contributed by atoms with van der Waals surface area (Å²) >= 11 is 0. The highest BCUT2D eigenvalue weighted by molar-refractivity contribution is 5.69. The average Bonchev–Trinajstić information content (AvgIpc) is 2.69. The van der Waals surface area contributed by atoms with Gasteiger partial charge in [0.1, 0.15) is 12.2 Å². The lowest BCUT2D eigenvalue weighted by Gasteiger charge is -1.88. The summed E-state index contributed by atoms with van der Waals surface area (Å²) in [7, 11) is 0. The molecule has 14 heavy (non-hydrogen) atoms. The third kappa shape index (κ3) is 1.66. The number of nitrogens with one attached hydrogen (secondary N) is 1. The Bertz CT molecular complexity index is 431. The Balaban J connectivity index is 2.22. The Hall–Kier alpha value is -2.04. The van der Waals surface area contributed by atoms with Crippen LogP contribution in [0.4, 0.5) is 0 Å². The van der Waals surface area contributed by atoms with Crippen LogP contribution in [0.5, 0.6) is 0 Å². The number of nitrogens with zero attached hydrogens (tertiary/aromatic N) is 1. The third-order valence-electron chi connectivity index (χ3n) is 1.72. The van der Waals surface area contributed by atoms with Gasteiger partial charge in [-0.15, -0.1) is 0 Å². The first-order valence-corrected chi connectivity index (χ1v) is 4.05. The molecule has 0 spiro atoms. The maximum absolute atomic E-state index is 10.4. The van der Waals surface area contributed by atoms with Crippen LogP contribution in [0.15, 0.2) is 29.1 Å². The van der Waals surface area contributed by atoms with E-state index in [-0.39, 0.29) is 6.42 Å². The molecule has 0 saturated heterocycles. The van der Waals surface area contributed by atoms with Gasteiger partial charge in [0.15, 0.2) is 0 Å². The molecule has 5 heteroatoms. The number of aliphatic carboxylic acids is 1. The molecule has 5 nitrogen and oxygen atoms in total. The molecule has 0 atom stereocenters. The average molecular weight is 192 g/mol. The molecule has 0 radical (unpaired) electrons. The van der Waals surface area contributed by atoms with Gasteiger partial charge in [-0.1, -0.05) is 0 Å². The zero-order valence-corrected chi connectivity index (χ0v) is 7.23. The van der Waals surface area contributed by atoms with Gasteiger partial charge in [-0.3, -0.25) is 4.79 Å². The smallest absolute Gasteiger partial charge is 0.311 e. The Morgan fingerprint density at radius 3 is 3.14 bits per heavy atom. The van der Waals surface area contributed by atoms with Gasteiger partial charge < -0.3 is 14.5 Å². The summed E-state index contributed by atoms with van der Waals surface area (Å²) < 4.78 is 5.23. The zero-order valence-electron chi connectivity index (χ0n) is 7.23. The van der Waals surface area contributed by atoms with E-state index in [1.807, 2.05) is 0 Å². The van der Waals surface area contributed by atoms with E-state index in [1.54, 1.807) is 18.5 Å². The number of rotatable bonds is 3. The molecule has 72 valence electrons. The summed E-state index contributed by atoms with van der Waals surface area (Å²) in [6.07, 6.45) is 4.76. The zero-order chi connectivity index (χ0) is 9.97. The largest absolute Gasteiger partial charge is 0.481 e. The van der Waals surface area contributed by atoms with E-state index in [0.29, 0.717) is 11.7 Å². The van der Waals surface area contributed by atoms with Crippen molar-refractivity contribution in [2.45, 2.75) is 6.42 Å². The number of carboxylic acid groups (broad SMARTS) is 1. The van der Waals surface area contributed by atoms with Crippen molar-refractivity contribution in [2.75, 3.05) is 0 Å². The van der Waals surface area contributed by atoms with Crippen molar-refractivity contribution in [1.82, 2.24) is 9.97 Å². The molecular formula is C9H8N2O3. The van der Waals surface area contributed by atoms with Gasteiger partial charge in [0, 0.05) is 12.4 Å². The normalized spacial score (nSPS) is 10.3. The number of carbonyl (C=O) groups is 1. The number of aromatic amines is 1. The molecule has 0 aliphatic heterocycles. The molecular weight excluding hydrogens is 184 g/mol. The van der Waals surface area contributed by atoms with E-state index >= 15 is 0 Å². The number of hydrogen-bond acceptors (Lipinski definition) is 3. The highest BCUT2D eigenvalue weighted by atomic mass is 16.4. The predicted octanol–water partition coefficient (Wildman–Crippen LogP) is 1.30. The Morgan fingerprint density at radius 2 is 2.50 bits per heavy atom. The second kappa shape index (κ2) is 3.37. The van der Waals surface area contributed by atoms with E-state index in [9.17, 15) is 4.79 Å². The first kappa shape index (κ1) is 8.55. The molecule has 0 aromatic carbocycles. The summed E-state index contributed by atoms with van der Waals surface area (Å²) in [5, 5.41) is 8.51. The van der Waals surface area contributed by atoms with Gasteiger partial charge in [0.2, 0.25) is 5.89 Å². The highest BCUT2D eigenvalue weighted by Crippen LogP contribution is 2.18. The van der Waals surface area contributed by atoms with E-state index in [2.05, 4.69) is 9.97 Å². The Labute approximate surface area is 79.4 Å². The quantitative estimate of drug-likeness (QED) is 0.768. The molecule has 2 N–H and O–H groups in total. The first-order chi connectivity index (χ1) is 6.75. The number of carboxylic acids is 1. The van der Waals surface area contributed by atoms with Crippen LogP contribution in [-0.2, 0) is 11.2 Å². The molecule has 2 rings (SSSR count). The fourth-order valence-corrected chi connectivity index (χ4v) is 1.13. The van der Waals surface area contributed by atoms with Gasteiger partial charge in [-0.25, -0.2) is 4.98 Å². The van der Waals surface area contributed by atoms with Gasteiger partial charge in [-0.2, -0.15) is 0 Å². The monoisotopic (exact) mass is 192 g/mol. The fourth-order valence-electron chi connectivity index (χ4n) is 1.13. The summed E-state index contributed by atoms with van der Waals surface area (Å²) in [5.41, 5.74) is 0.807. The molecule has 2 aromatic heterocycles. The van der Waals surface area contributed by atoms with Gasteiger partial charge in [0.25, 0.3) is 0 Å². The van der Waals surface area contributed by atoms with Crippen molar-refractivity contribution in [3.63, 3.8) is 0 Å². The summed E-state index contributed by atoms with van der Waals surface area (Å²) in [4.78, 5) is 17.2. The maximum atomic E-state index is 10.4. The van der Waals surface area contributed by atoms with Crippen molar-refractivity contribution in [3.8, 4) is 11.5 Å². The van der Waals surface area contributed by atoms with Crippen LogP contribution in [-0.4, -0.2) is 21.0 Å². The van der Waals surface area contributed by atoms with Crippen molar-refractivity contribution >= 4 is 5.97 Å². The molecule has 0 saturated carbocycles. The summed E-state index contributed by atoms with van der Waals surface area (Å²) in [6, 6.07) is 1.80. The minimum absolute atomic E-state index is 0.141. The SMILES string of the molecule is O=C(O)Cc1cnc(-c2cc[nH]c2)o1. The fraction of sp³-hybridized carbons (Fsp3) is 0.111. The molecule has 0 amide bonds. The van der Waals surface area contributed by atoms with E-state index in [0.717, 1.165) is 5.56 Å². The standard InChI is InChI=1S/C9H8N2O3/c12-8(13)3-7-5-11-9(14-7)6-1-2-10-4-6/h1-2,4-5,10H,3H2,(H,12,13). The molecule has 0 fully saturated rings. The maximum Gasteiger partial charge on any atom is 0.311 e. The Morgan fingerprint density at radius 1 is 1.64 bits per heavy atom. The lowest BCUT2D eigenvalue weighted by molar-refractivity contribution is -0.136. The second-order valence-electron chi connectivity index (χ2n) is 2.80.